The lowest BCUT2D eigenvalue weighted by atomic mass is 10.2. The number of imidazole rings is 1. The van der Waals surface area contributed by atoms with E-state index in [0.717, 1.165) is 6.07 Å². The third-order valence-corrected chi connectivity index (χ3v) is 2.98. The molecule has 3 N–H and O–H groups in total. The molecule has 0 fully saturated rings. The molecule has 0 aromatic carbocycles. The minimum absolute atomic E-state index is 0.297. The Morgan fingerprint density at radius 2 is 2.17 bits per heavy atom. The van der Waals surface area contributed by atoms with Crippen LogP contribution in [0.5, 0.6) is 5.75 Å². The van der Waals surface area contributed by atoms with E-state index in [4.69, 9.17) is 5.73 Å². The van der Waals surface area contributed by atoms with Crippen molar-refractivity contribution in [2.24, 2.45) is 0 Å². The summed E-state index contributed by atoms with van der Waals surface area (Å²) in [4.78, 5) is 7.87. The lowest BCUT2D eigenvalue weighted by Gasteiger charge is -2.11. The number of aromatic nitrogens is 3. The van der Waals surface area contributed by atoms with Crippen molar-refractivity contribution in [2.45, 2.75) is 25.9 Å². The van der Waals surface area contributed by atoms with Crippen LogP contribution in [0, 0.1) is 0 Å². The average molecular weight is 328 g/mol. The second-order valence-corrected chi connectivity index (χ2v) is 4.63. The number of ether oxygens (including phenoxy) is 1. The number of aliphatic hydroxyl groups excluding tert-OH is 1. The molecular formula is C14H15F3N4O2. The van der Waals surface area contributed by atoms with Gasteiger partial charge in [-0.25, -0.2) is 9.97 Å². The van der Waals surface area contributed by atoms with Crippen molar-refractivity contribution < 1.29 is 23.0 Å². The molecule has 0 bridgehead atoms. The molecule has 2 heterocycles. The molecule has 0 aliphatic carbocycles. The number of anilines is 1. The fourth-order valence-electron chi connectivity index (χ4n) is 1.95. The van der Waals surface area contributed by atoms with E-state index in [-0.39, 0.29) is 12.4 Å². The zero-order chi connectivity index (χ0) is 17.0. The van der Waals surface area contributed by atoms with Gasteiger partial charge in [-0.3, -0.25) is 0 Å². The van der Waals surface area contributed by atoms with Crippen LogP contribution >= 0.6 is 0 Å². The first-order chi connectivity index (χ1) is 10.8. The Morgan fingerprint density at radius 3 is 2.78 bits per heavy atom. The van der Waals surface area contributed by atoms with Crippen LogP contribution < -0.4 is 10.5 Å². The second-order valence-electron chi connectivity index (χ2n) is 4.63. The first kappa shape index (κ1) is 16.8. The molecule has 0 spiro atoms. The van der Waals surface area contributed by atoms with Crippen molar-refractivity contribution in [1.82, 2.24) is 14.5 Å². The molecule has 2 aromatic heterocycles. The largest absolute Gasteiger partial charge is 0.573 e. The summed E-state index contributed by atoms with van der Waals surface area (Å²) in [5, 5.41) is 9.31. The van der Waals surface area contributed by atoms with Gasteiger partial charge in [-0.05, 0) is 12.5 Å². The molecule has 23 heavy (non-hydrogen) atoms. The first-order valence-corrected chi connectivity index (χ1v) is 6.63. The van der Waals surface area contributed by atoms with Gasteiger partial charge >= 0.3 is 6.36 Å². The Labute approximate surface area is 130 Å². The Bertz CT molecular complexity index is 698. The lowest BCUT2D eigenvalue weighted by Crippen LogP contribution is -2.18. The van der Waals surface area contributed by atoms with Crippen molar-refractivity contribution in [2.75, 3.05) is 5.73 Å². The van der Waals surface area contributed by atoms with Gasteiger partial charge in [0.25, 0.3) is 0 Å². The smallest absolute Gasteiger partial charge is 0.402 e. The summed E-state index contributed by atoms with van der Waals surface area (Å²) in [5.41, 5.74) is 6.04. The highest BCUT2D eigenvalue weighted by Gasteiger charge is 2.32. The maximum atomic E-state index is 12.3. The number of allylic oxidation sites excluding steroid dienone is 1. The average Bonchev–Trinajstić information content (AvgIpc) is 2.89. The fraction of sp³-hybridized carbons (Fsp3) is 0.286. The Morgan fingerprint density at radius 1 is 1.43 bits per heavy atom. The molecule has 0 saturated heterocycles. The van der Waals surface area contributed by atoms with Crippen molar-refractivity contribution >= 4 is 5.82 Å². The van der Waals surface area contributed by atoms with Crippen LogP contribution in [-0.4, -0.2) is 26.0 Å². The highest BCUT2D eigenvalue weighted by atomic mass is 19.4. The first-order valence-electron chi connectivity index (χ1n) is 6.63. The summed E-state index contributed by atoms with van der Waals surface area (Å²) in [6.45, 7) is 3.85. The summed E-state index contributed by atoms with van der Waals surface area (Å²) in [5.74, 6) is -0.585. The number of halogens is 3. The highest BCUT2D eigenvalue weighted by Crippen LogP contribution is 2.31. The van der Waals surface area contributed by atoms with Crippen molar-refractivity contribution in [3.05, 3.63) is 36.9 Å². The van der Waals surface area contributed by atoms with Gasteiger partial charge in [0.2, 0.25) is 0 Å². The van der Waals surface area contributed by atoms with Gasteiger partial charge in [0.15, 0.2) is 11.6 Å². The molecule has 0 amide bonds. The molecule has 9 heteroatoms. The van der Waals surface area contributed by atoms with Crippen LogP contribution in [0.15, 0.2) is 31.1 Å². The van der Waals surface area contributed by atoms with Crippen molar-refractivity contribution in [3.63, 3.8) is 0 Å². The number of pyridine rings is 1. The zero-order valence-corrected chi connectivity index (χ0v) is 12.0. The normalized spacial score (nSPS) is 11.5. The topological polar surface area (TPSA) is 86.2 Å². The van der Waals surface area contributed by atoms with Gasteiger partial charge in [0.1, 0.15) is 12.4 Å². The van der Waals surface area contributed by atoms with Crippen LogP contribution in [0.4, 0.5) is 19.0 Å². The number of nitrogens with zero attached hydrogens (tertiary/aromatic N) is 3. The number of hydrogen-bond donors (Lipinski definition) is 2. The number of alkyl halides is 3. The van der Waals surface area contributed by atoms with Crippen LogP contribution in [0.3, 0.4) is 0 Å². The molecule has 2 aromatic rings. The van der Waals surface area contributed by atoms with Gasteiger partial charge < -0.3 is 20.1 Å². The third kappa shape index (κ3) is 4.22. The molecule has 0 unspecified atom stereocenters. The summed E-state index contributed by atoms with van der Waals surface area (Å²) in [7, 11) is 0. The molecule has 0 saturated carbocycles. The second kappa shape index (κ2) is 6.69. The molecule has 6 nitrogen and oxygen atoms in total. The van der Waals surface area contributed by atoms with E-state index >= 15 is 0 Å². The summed E-state index contributed by atoms with van der Waals surface area (Å²) in [6.07, 6.45) is 0.402. The molecule has 0 aliphatic rings. The summed E-state index contributed by atoms with van der Waals surface area (Å²) < 4.78 is 42.6. The monoisotopic (exact) mass is 328 g/mol. The van der Waals surface area contributed by atoms with E-state index in [2.05, 4.69) is 21.3 Å². The van der Waals surface area contributed by atoms with Crippen LogP contribution in [-0.2, 0) is 13.2 Å². The highest BCUT2D eigenvalue weighted by molar-refractivity contribution is 5.63. The summed E-state index contributed by atoms with van der Waals surface area (Å²) in [6, 6.07) is 1.11. The predicted molar refractivity (Wildman–Crippen MR) is 77.3 cm³/mol. The minimum Gasteiger partial charge on any atom is -0.402 e. The quantitative estimate of drug-likeness (QED) is 0.796. The molecule has 0 atom stereocenters. The Hall–Kier alpha value is -2.55. The Balaban J connectivity index is 2.36. The Kier molecular flexibility index (Phi) is 4.89. The number of nitrogen functional groups attached to an aromatic ring is 1. The number of aliphatic hydroxyl groups is 1. The van der Waals surface area contributed by atoms with E-state index < -0.39 is 12.1 Å². The van der Waals surface area contributed by atoms with E-state index in [0.29, 0.717) is 30.0 Å². The lowest BCUT2D eigenvalue weighted by molar-refractivity contribution is -0.274. The van der Waals surface area contributed by atoms with E-state index in [9.17, 15) is 18.3 Å². The molecule has 2 rings (SSSR count). The van der Waals surface area contributed by atoms with Crippen LogP contribution in [0.1, 0.15) is 12.2 Å². The number of aryl methyl sites for hydroxylation is 1. The zero-order valence-electron chi connectivity index (χ0n) is 12.0. The molecule has 0 aliphatic heterocycles. The predicted octanol–water partition coefficient (Wildman–Crippen LogP) is 2.49. The van der Waals surface area contributed by atoms with Gasteiger partial charge in [-0.1, -0.05) is 6.08 Å². The maximum absolute atomic E-state index is 12.3. The van der Waals surface area contributed by atoms with Gasteiger partial charge in [-0.2, -0.15) is 0 Å². The molecule has 124 valence electrons. The fourth-order valence-corrected chi connectivity index (χ4v) is 1.95. The van der Waals surface area contributed by atoms with Crippen molar-refractivity contribution in [1.29, 1.82) is 0 Å². The van der Waals surface area contributed by atoms with E-state index in [1.165, 1.54) is 6.20 Å². The number of nitrogens with two attached hydrogens (primary N) is 1. The standard InChI is InChI=1S/C14H15F3N4O2/c1-2-3-4-21-7-10(20-12(21)8-22)9-5-11(13(18)19-6-9)23-14(15,16)17/h2,5-7,22H,1,3-4,8H2,(H2,18,19). The van der Waals surface area contributed by atoms with Gasteiger partial charge in [0, 0.05) is 24.5 Å². The van der Waals surface area contributed by atoms with E-state index in [1.807, 2.05) is 0 Å². The summed E-state index contributed by atoms with van der Waals surface area (Å²) >= 11 is 0. The third-order valence-electron chi connectivity index (χ3n) is 2.98. The van der Waals surface area contributed by atoms with Gasteiger partial charge in [0.05, 0.1) is 5.69 Å². The van der Waals surface area contributed by atoms with Crippen molar-refractivity contribution in [3.8, 4) is 17.0 Å². The maximum Gasteiger partial charge on any atom is 0.573 e. The minimum atomic E-state index is -4.87. The molecule has 0 radical (unpaired) electrons. The molecular weight excluding hydrogens is 313 g/mol. The van der Waals surface area contributed by atoms with Crippen LogP contribution in [0.25, 0.3) is 11.3 Å². The van der Waals surface area contributed by atoms with Crippen LogP contribution in [0.2, 0.25) is 0 Å². The number of hydrogen-bond acceptors (Lipinski definition) is 5. The van der Waals surface area contributed by atoms with E-state index in [1.54, 1.807) is 16.8 Å². The SMILES string of the molecule is C=CCCn1cc(-c2cnc(N)c(OC(F)(F)F)c2)nc1CO. The van der Waals surface area contributed by atoms with Gasteiger partial charge in [-0.15, -0.1) is 19.8 Å². The number of rotatable bonds is 6.